The van der Waals surface area contributed by atoms with Gasteiger partial charge in [-0.2, -0.15) is 0 Å². The zero-order chi connectivity index (χ0) is 18.0. The zero-order valence-electron chi connectivity index (χ0n) is 16.9. The molecule has 0 unspecified atom stereocenters. The van der Waals surface area contributed by atoms with Gasteiger partial charge in [0.05, 0.1) is 7.11 Å². The number of unbranched alkanes of at least 4 members (excludes halogenated alkanes) is 13. The highest BCUT2D eigenvalue weighted by Gasteiger charge is 2.06. The van der Waals surface area contributed by atoms with Gasteiger partial charge in [0.1, 0.15) is 0 Å². The Hall–Kier alpha value is -0.790. The van der Waals surface area contributed by atoms with E-state index in [0.29, 0.717) is 0 Å². The number of hydrogen-bond acceptors (Lipinski definition) is 2. The SMILES string of the molecule is CCCCCCCCCCCCCCCCC(C)=C(C)C(=O)OC. The molecule has 0 aromatic rings. The molecule has 2 heteroatoms. The van der Waals surface area contributed by atoms with Crippen LogP contribution in [0, 0.1) is 0 Å². The van der Waals surface area contributed by atoms with Gasteiger partial charge < -0.3 is 4.74 Å². The van der Waals surface area contributed by atoms with Crippen molar-refractivity contribution in [1.82, 2.24) is 0 Å². The van der Waals surface area contributed by atoms with Crippen molar-refractivity contribution in [3.63, 3.8) is 0 Å². The molecule has 0 radical (unpaired) electrons. The van der Waals surface area contributed by atoms with Crippen LogP contribution in [0.4, 0.5) is 0 Å². The Morgan fingerprint density at radius 2 is 1.04 bits per heavy atom. The standard InChI is InChI=1S/C22H42O2/c1-5-6-7-8-9-10-11-12-13-14-15-16-17-18-19-20(2)21(3)22(23)24-4/h5-19H2,1-4H3. The first-order valence-corrected chi connectivity index (χ1v) is 10.4. The number of hydrogen-bond donors (Lipinski definition) is 0. The van der Waals surface area contributed by atoms with Gasteiger partial charge in [-0.25, -0.2) is 4.79 Å². The van der Waals surface area contributed by atoms with Crippen LogP contribution in [0.25, 0.3) is 0 Å². The van der Waals surface area contributed by atoms with Crippen molar-refractivity contribution in [2.75, 3.05) is 7.11 Å². The normalized spacial score (nSPS) is 12.2. The summed E-state index contributed by atoms with van der Waals surface area (Å²) < 4.78 is 4.76. The third-order valence-electron chi connectivity index (χ3n) is 5.04. The Kier molecular flexibility index (Phi) is 16.5. The van der Waals surface area contributed by atoms with E-state index >= 15 is 0 Å². The van der Waals surface area contributed by atoms with E-state index in [0.717, 1.165) is 12.0 Å². The van der Waals surface area contributed by atoms with E-state index in [1.54, 1.807) is 0 Å². The highest BCUT2D eigenvalue weighted by molar-refractivity contribution is 5.88. The summed E-state index contributed by atoms with van der Waals surface area (Å²) in [4.78, 5) is 11.4. The van der Waals surface area contributed by atoms with Crippen molar-refractivity contribution >= 4 is 5.97 Å². The number of allylic oxidation sites excluding steroid dienone is 1. The molecule has 0 aromatic heterocycles. The molecule has 0 bridgehead atoms. The van der Waals surface area contributed by atoms with Gasteiger partial charge in [0.2, 0.25) is 0 Å². The molecular formula is C22H42O2. The third-order valence-corrected chi connectivity index (χ3v) is 5.04. The van der Waals surface area contributed by atoms with Crippen LogP contribution < -0.4 is 0 Å². The molecule has 0 spiro atoms. The van der Waals surface area contributed by atoms with E-state index in [1.807, 2.05) is 6.92 Å². The first kappa shape index (κ1) is 23.2. The van der Waals surface area contributed by atoms with Crippen molar-refractivity contribution in [2.45, 2.75) is 117 Å². The fourth-order valence-electron chi connectivity index (χ4n) is 3.10. The topological polar surface area (TPSA) is 26.3 Å². The highest BCUT2D eigenvalue weighted by Crippen LogP contribution is 2.16. The van der Waals surface area contributed by atoms with Gasteiger partial charge in [-0.15, -0.1) is 0 Å². The summed E-state index contributed by atoms with van der Waals surface area (Å²) in [5.41, 5.74) is 1.97. The van der Waals surface area contributed by atoms with Crippen LogP contribution in [0.1, 0.15) is 117 Å². The number of carbonyl (C=O) groups is 1. The largest absolute Gasteiger partial charge is 0.466 e. The van der Waals surface area contributed by atoms with Gasteiger partial charge in [-0.3, -0.25) is 0 Å². The van der Waals surface area contributed by atoms with Gasteiger partial charge in [0.25, 0.3) is 0 Å². The van der Waals surface area contributed by atoms with Crippen LogP contribution in [0.5, 0.6) is 0 Å². The zero-order valence-corrected chi connectivity index (χ0v) is 16.9. The van der Waals surface area contributed by atoms with Gasteiger partial charge in [0.15, 0.2) is 0 Å². The molecular weight excluding hydrogens is 296 g/mol. The fraction of sp³-hybridized carbons (Fsp3) is 0.864. The summed E-state index contributed by atoms with van der Waals surface area (Å²) in [5.74, 6) is -0.183. The molecule has 0 N–H and O–H groups in total. The molecule has 0 atom stereocenters. The summed E-state index contributed by atoms with van der Waals surface area (Å²) in [6.45, 7) is 6.20. The quantitative estimate of drug-likeness (QED) is 0.167. The van der Waals surface area contributed by atoms with E-state index in [1.165, 1.54) is 103 Å². The Bertz CT molecular complexity index is 331. The number of methoxy groups -OCH3 is 1. The maximum absolute atomic E-state index is 11.4. The smallest absolute Gasteiger partial charge is 0.333 e. The maximum atomic E-state index is 11.4. The molecule has 2 nitrogen and oxygen atoms in total. The Morgan fingerprint density at radius 1 is 0.667 bits per heavy atom. The Balaban J connectivity index is 3.33. The van der Waals surface area contributed by atoms with Crippen molar-refractivity contribution in [1.29, 1.82) is 0 Å². The molecule has 0 rings (SSSR count). The van der Waals surface area contributed by atoms with Crippen molar-refractivity contribution < 1.29 is 9.53 Å². The first-order chi connectivity index (χ1) is 11.6. The molecule has 24 heavy (non-hydrogen) atoms. The second-order valence-electron chi connectivity index (χ2n) is 7.24. The average molecular weight is 339 g/mol. The minimum Gasteiger partial charge on any atom is -0.466 e. The van der Waals surface area contributed by atoms with Crippen LogP contribution in [0.3, 0.4) is 0 Å². The lowest BCUT2D eigenvalue weighted by molar-refractivity contribution is -0.136. The predicted molar refractivity (Wildman–Crippen MR) is 105 cm³/mol. The van der Waals surface area contributed by atoms with Crippen molar-refractivity contribution in [3.8, 4) is 0 Å². The molecule has 0 saturated carbocycles. The van der Waals surface area contributed by atoms with E-state index < -0.39 is 0 Å². The lowest BCUT2D eigenvalue weighted by Gasteiger charge is -2.06. The Morgan fingerprint density at radius 3 is 1.42 bits per heavy atom. The van der Waals surface area contributed by atoms with Gasteiger partial charge in [0, 0.05) is 5.57 Å². The molecule has 142 valence electrons. The molecule has 0 aliphatic rings. The second-order valence-corrected chi connectivity index (χ2v) is 7.24. The third kappa shape index (κ3) is 13.6. The molecule has 0 amide bonds. The first-order valence-electron chi connectivity index (χ1n) is 10.4. The van der Waals surface area contributed by atoms with Crippen LogP contribution in [-0.4, -0.2) is 13.1 Å². The van der Waals surface area contributed by atoms with E-state index in [4.69, 9.17) is 4.74 Å². The van der Waals surface area contributed by atoms with Gasteiger partial charge in [-0.1, -0.05) is 96.0 Å². The van der Waals surface area contributed by atoms with Crippen molar-refractivity contribution in [3.05, 3.63) is 11.1 Å². The molecule has 0 aliphatic heterocycles. The van der Waals surface area contributed by atoms with E-state index in [-0.39, 0.29) is 5.97 Å². The van der Waals surface area contributed by atoms with E-state index in [9.17, 15) is 4.79 Å². The molecule has 0 saturated heterocycles. The molecule has 0 aromatic carbocycles. The Labute approximate surface area is 151 Å². The van der Waals surface area contributed by atoms with Crippen LogP contribution in [-0.2, 0) is 9.53 Å². The number of ether oxygens (including phenoxy) is 1. The number of esters is 1. The molecule has 0 heterocycles. The number of rotatable bonds is 16. The summed E-state index contributed by atoms with van der Waals surface area (Å²) in [6.07, 6.45) is 20.4. The minimum atomic E-state index is -0.183. The summed E-state index contributed by atoms with van der Waals surface area (Å²) in [7, 11) is 1.45. The fourth-order valence-corrected chi connectivity index (χ4v) is 3.10. The molecule has 0 fully saturated rings. The van der Waals surface area contributed by atoms with Crippen molar-refractivity contribution in [2.24, 2.45) is 0 Å². The van der Waals surface area contributed by atoms with Crippen LogP contribution in [0.15, 0.2) is 11.1 Å². The lowest BCUT2D eigenvalue weighted by atomic mass is 10.0. The average Bonchev–Trinajstić information content (AvgIpc) is 2.60. The van der Waals surface area contributed by atoms with Crippen LogP contribution in [0.2, 0.25) is 0 Å². The second kappa shape index (κ2) is 17.0. The van der Waals surface area contributed by atoms with E-state index in [2.05, 4.69) is 13.8 Å². The summed E-state index contributed by atoms with van der Waals surface area (Å²) in [6, 6.07) is 0. The lowest BCUT2D eigenvalue weighted by Crippen LogP contribution is -2.03. The monoisotopic (exact) mass is 338 g/mol. The summed E-state index contributed by atoms with van der Waals surface area (Å²) in [5, 5.41) is 0. The molecule has 0 aliphatic carbocycles. The summed E-state index contributed by atoms with van der Waals surface area (Å²) >= 11 is 0. The van der Waals surface area contributed by atoms with Gasteiger partial charge >= 0.3 is 5.97 Å². The predicted octanol–water partition coefficient (Wildman–Crippen LogP) is 7.37. The van der Waals surface area contributed by atoms with Gasteiger partial charge in [-0.05, 0) is 26.7 Å². The maximum Gasteiger partial charge on any atom is 0.333 e. The highest BCUT2D eigenvalue weighted by atomic mass is 16.5. The van der Waals surface area contributed by atoms with Crippen LogP contribution >= 0.6 is 0 Å². The number of carbonyl (C=O) groups excluding carboxylic acids is 1. The minimum absolute atomic E-state index is 0.183.